The van der Waals surface area contributed by atoms with E-state index < -0.39 is 5.60 Å². The third kappa shape index (κ3) is 3.63. The van der Waals surface area contributed by atoms with E-state index in [1.54, 1.807) is 4.90 Å². The van der Waals surface area contributed by atoms with E-state index in [-0.39, 0.29) is 12.1 Å². The lowest BCUT2D eigenvalue weighted by Gasteiger charge is -2.34. The molecule has 1 atom stereocenters. The predicted octanol–water partition coefficient (Wildman–Crippen LogP) is 1.93. The van der Waals surface area contributed by atoms with Crippen LogP contribution in [-0.2, 0) is 4.74 Å². The first-order valence-electron chi connectivity index (χ1n) is 5.61. The lowest BCUT2D eigenvalue weighted by Crippen LogP contribution is -2.54. The molecule has 1 heterocycles. The molecule has 0 spiro atoms. The van der Waals surface area contributed by atoms with E-state index in [4.69, 9.17) is 17.0 Å². The molecule has 92 valence electrons. The van der Waals surface area contributed by atoms with Crippen LogP contribution in [0.15, 0.2) is 0 Å². The highest BCUT2D eigenvalue weighted by Crippen LogP contribution is 2.16. The molecular formula is C11H20N2O2S. The van der Waals surface area contributed by atoms with Gasteiger partial charge in [-0.25, -0.2) is 4.79 Å². The number of ether oxygens (including phenoxy) is 1. The molecule has 1 rings (SSSR count). The summed E-state index contributed by atoms with van der Waals surface area (Å²) in [5.74, 6) is 0. The lowest BCUT2D eigenvalue weighted by atomic mass is 10.1. The van der Waals surface area contributed by atoms with Gasteiger partial charge in [0.05, 0.1) is 11.5 Å². The molecule has 5 heteroatoms. The minimum absolute atomic E-state index is 0.193. The number of piperazine rings is 1. The van der Waals surface area contributed by atoms with Gasteiger partial charge < -0.3 is 10.1 Å². The topological polar surface area (TPSA) is 41.6 Å². The largest absolute Gasteiger partial charge is 0.443 e. The quantitative estimate of drug-likeness (QED) is 0.754. The summed E-state index contributed by atoms with van der Waals surface area (Å²) >= 11 is 5.09. The summed E-state index contributed by atoms with van der Waals surface area (Å²) < 4.78 is 5.42. The number of nitrogens with zero attached hydrogens (tertiary/aromatic N) is 1. The number of hydrogen-bond acceptors (Lipinski definition) is 3. The van der Waals surface area contributed by atoms with Crippen molar-refractivity contribution in [3.63, 3.8) is 0 Å². The molecule has 0 aromatic heterocycles. The number of hydrogen-bond donors (Lipinski definition) is 1. The molecule has 4 nitrogen and oxygen atoms in total. The smallest absolute Gasteiger partial charge is 0.410 e. The number of amides is 1. The van der Waals surface area contributed by atoms with Crippen molar-refractivity contribution in [1.29, 1.82) is 0 Å². The van der Waals surface area contributed by atoms with Crippen molar-refractivity contribution in [3.8, 4) is 0 Å². The average Bonchev–Trinajstić information content (AvgIpc) is 2.15. The fourth-order valence-corrected chi connectivity index (χ4v) is 1.80. The number of thiocarbonyl (C=S) groups is 1. The maximum absolute atomic E-state index is 11.9. The zero-order chi connectivity index (χ0) is 12.3. The number of nitrogens with one attached hydrogen (secondary N) is 1. The van der Waals surface area contributed by atoms with Gasteiger partial charge in [-0.3, -0.25) is 4.90 Å². The summed E-state index contributed by atoms with van der Waals surface area (Å²) in [6.07, 6.45) is 0.521. The van der Waals surface area contributed by atoms with Crippen molar-refractivity contribution in [3.05, 3.63) is 0 Å². The Labute approximate surface area is 102 Å². The fraction of sp³-hybridized carbons (Fsp3) is 0.818. The van der Waals surface area contributed by atoms with Crippen molar-refractivity contribution in [2.24, 2.45) is 0 Å². The van der Waals surface area contributed by atoms with Crippen LogP contribution in [0, 0.1) is 0 Å². The second kappa shape index (κ2) is 4.99. The molecular weight excluding hydrogens is 224 g/mol. The normalized spacial score (nSPS) is 21.6. The SMILES string of the molecule is CCC(C)(C)OC(=O)N1CC(=S)N[C@@H](C)C1. The van der Waals surface area contributed by atoms with E-state index in [2.05, 4.69) is 5.32 Å². The van der Waals surface area contributed by atoms with Gasteiger partial charge in [0, 0.05) is 12.6 Å². The monoisotopic (exact) mass is 244 g/mol. The van der Waals surface area contributed by atoms with Crippen molar-refractivity contribution in [2.45, 2.75) is 45.8 Å². The molecule has 0 aliphatic carbocycles. The van der Waals surface area contributed by atoms with Crippen LogP contribution in [0.1, 0.15) is 34.1 Å². The molecule has 1 saturated heterocycles. The first-order chi connectivity index (χ1) is 7.34. The van der Waals surface area contributed by atoms with Crippen LogP contribution < -0.4 is 5.32 Å². The van der Waals surface area contributed by atoms with Crippen LogP contribution in [-0.4, -0.2) is 40.7 Å². The van der Waals surface area contributed by atoms with E-state index in [1.165, 1.54) is 0 Å². The zero-order valence-corrected chi connectivity index (χ0v) is 11.2. The van der Waals surface area contributed by atoms with Crippen molar-refractivity contribution < 1.29 is 9.53 Å². The molecule has 0 bridgehead atoms. The number of carbonyl (C=O) groups is 1. The van der Waals surface area contributed by atoms with Crippen LogP contribution in [0.4, 0.5) is 4.79 Å². The van der Waals surface area contributed by atoms with E-state index in [0.717, 1.165) is 6.42 Å². The Bertz CT molecular complexity index is 292. The Morgan fingerprint density at radius 3 is 2.81 bits per heavy atom. The van der Waals surface area contributed by atoms with Crippen molar-refractivity contribution >= 4 is 23.3 Å². The van der Waals surface area contributed by atoms with Gasteiger partial charge in [-0.2, -0.15) is 0 Å². The molecule has 0 aromatic carbocycles. The first kappa shape index (κ1) is 13.2. The Kier molecular flexibility index (Phi) is 4.13. The Morgan fingerprint density at radius 1 is 1.69 bits per heavy atom. The second-order valence-corrected chi connectivity index (χ2v) is 5.32. The molecule has 1 aliphatic rings. The zero-order valence-electron chi connectivity index (χ0n) is 10.4. The van der Waals surface area contributed by atoms with Crippen molar-refractivity contribution in [1.82, 2.24) is 10.2 Å². The van der Waals surface area contributed by atoms with Gasteiger partial charge in [-0.05, 0) is 27.2 Å². The average molecular weight is 244 g/mol. The van der Waals surface area contributed by atoms with Gasteiger partial charge in [-0.15, -0.1) is 0 Å². The van der Waals surface area contributed by atoms with Crippen LogP contribution in [0.5, 0.6) is 0 Å². The Hall–Kier alpha value is -0.840. The molecule has 1 amide bonds. The van der Waals surface area contributed by atoms with E-state index >= 15 is 0 Å². The minimum atomic E-state index is -0.410. The number of rotatable bonds is 2. The van der Waals surface area contributed by atoms with Crippen LogP contribution in [0.25, 0.3) is 0 Å². The summed E-state index contributed by atoms with van der Waals surface area (Å²) in [6, 6.07) is 0.193. The summed E-state index contributed by atoms with van der Waals surface area (Å²) in [5.41, 5.74) is -0.410. The molecule has 1 fully saturated rings. The van der Waals surface area contributed by atoms with Gasteiger partial charge in [0.15, 0.2) is 0 Å². The highest BCUT2D eigenvalue weighted by Gasteiger charge is 2.28. The summed E-state index contributed by atoms with van der Waals surface area (Å²) in [4.78, 5) is 14.2. The highest BCUT2D eigenvalue weighted by molar-refractivity contribution is 7.80. The van der Waals surface area contributed by atoms with E-state index in [1.807, 2.05) is 27.7 Å². The third-order valence-corrected chi connectivity index (χ3v) is 2.96. The molecule has 0 radical (unpaired) electrons. The van der Waals surface area contributed by atoms with Gasteiger partial charge in [-0.1, -0.05) is 19.1 Å². The maximum Gasteiger partial charge on any atom is 0.410 e. The van der Waals surface area contributed by atoms with Gasteiger partial charge in [0.1, 0.15) is 5.60 Å². The summed E-state index contributed by atoms with van der Waals surface area (Å²) in [5, 5.41) is 3.12. The molecule has 0 saturated carbocycles. The summed E-state index contributed by atoms with van der Waals surface area (Å²) in [7, 11) is 0. The van der Waals surface area contributed by atoms with Crippen molar-refractivity contribution in [2.75, 3.05) is 13.1 Å². The predicted molar refractivity (Wildman–Crippen MR) is 67.6 cm³/mol. The van der Waals surface area contributed by atoms with Gasteiger partial charge in [0.2, 0.25) is 0 Å². The number of carbonyl (C=O) groups excluding carboxylic acids is 1. The van der Waals surface area contributed by atoms with Crippen LogP contribution >= 0.6 is 12.2 Å². The Morgan fingerprint density at radius 2 is 2.31 bits per heavy atom. The van der Waals surface area contributed by atoms with E-state index in [9.17, 15) is 4.79 Å². The lowest BCUT2D eigenvalue weighted by molar-refractivity contribution is 0.0118. The minimum Gasteiger partial charge on any atom is -0.443 e. The van der Waals surface area contributed by atoms with Gasteiger partial charge >= 0.3 is 6.09 Å². The van der Waals surface area contributed by atoms with Crippen LogP contribution in [0.3, 0.4) is 0 Å². The molecule has 0 aromatic rings. The Balaban J connectivity index is 2.57. The molecule has 1 aliphatic heterocycles. The summed E-state index contributed by atoms with van der Waals surface area (Å²) in [6.45, 7) is 8.91. The third-order valence-electron chi connectivity index (χ3n) is 2.71. The van der Waals surface area contributed by atoms with Crippen LogP contribution in [0.2, 0.25) is 0 Å². The van der Waals surface area contributed by atoms with Gasteiger partial charge in [0.25, 0.3) is 0 Å². The molecule has 16 heavy (non-hydrogen) atoms. The van der Waals surface area contributed by atoms with E-state index in [0.29, 0.717) is 18.1 Å². The maximum atomic E-state index is 11.9. The first-order valence-corrected chi connectivity index (χ1v) is 6.02. The molecule has 0 unspecified atom stereocenters. The second-order valence-electron chi connectivity index (χ2n) is 4.83. The standard InChI is InChI=1S/C11H20N2O2S/c1-5-11(3,4)15-10(14)13-6-8(2)12-9(16)7-13/h8H,5-7H2,1-4H3,(H,12,16)/t8-/m0/s1. The molecule has 1 N–H and O–H groups in total. The fourth-order valence-electron chi connectivity index (χ4n) is 1.45. The highest BCUT2D eigenvalue weighted by atomic mass is 32.1.